The zero-order valence-electron chi connectivity index (χ0n) is 14.9. The van der Waals surface area contributed by atoms with Crippen molar-refractivity contribution in [3.05, 3.63) is 70.6 Å². The van der Waals surface area contributed by atoms with Gasteiger partial charge in [0, 0.05) is 11.3 Å². The van der Waals surface area contributed by atoms with E-state index in [1.165, 1.54) is 43.3 Å². The number of hydrogen-bond acceptors (Lipinski definition) is 8. The summed E-state index contributed by atoms with van der Waals surface area (Å²) in [5.41, 5.74) is 1.22. The molecule has 0 amide bonds. The molecule has 9 heteroatoms. The van der Waals surface area contributed by atoms with E-state index in [-0.39, 0.29) is 17.2 Å². The van der Waals surface area contributed by atoms with Crippen molar-refractivity contribution in [2.45, 2.75) is 5.75 Å². The number of thioether (sulfide) groups is 1. The Labute approximate surface area is 164 Å². The van der Waals surface area contributed by atoms with Crippen LogP contribution in [0.15, 0.2) is 59.2 Å². The maximum Gasteiger partial charge on any atom is 0.321 e. The van der Waals surface area contributed by atoms with Crippen LogP contribution in [0.5, 0.6) is 11.5 Å². The highest BCUT2D eigenvalue weighted by Crippen LogP contribution is 2.31. The van der Waals surface area contributed by atoms with Crippen LogP contribution in [0.1, 0.15) is 5.69 Å². The monoisotopic (exact) mass is 400 g/mol. The topological polar surface area (TPSA) is 105 Å². The maximum atomic E-state index is 12.0. The van der Waals surface area contributed by atoms with E-state index in [9.17, 15) is 14.9 Å². The lowest BCUT2D eigenvalue weighted by atomic mass is 10.2. The van der Waals surface area contributed by atoms with E-state index in [0.717, 1.165) is 5.56 Å². The molecule has 2 aromatic carbocycles. The molecule has 0 saturated heterocycles. The van der Waals surface area contributed by atoms with Crippen LogP contribution >= 0.6 is 11.8 Å². The molecule has 0 N–H and O–H groups in total. The van der Waals surface area contributed by atoms with Crippen LogP contribution in [-0.4, -0.2) is 28.7 Å². The second-order valence-corrected chi connectivity index (χ2v) is 6.55. The molecule has 144 valence electrons. The average Bonchev–Trinajstić information content (AvgIpc) is 3.17. The second-order valence-electron chi connectivity index (χ2n) is 5.57. The first-order valence-electron chi connectivity index (χ1n) is 8.17. The summed E-state index contributed by atoms with van der Waals surface area (Å²) < 4.78 is 15.5. The zero-order chi connectivity index (χ0) is 19.9. The lowest BCUT2D eigenvalue weighted by Gasteiger charge is -2.06. The summed E-state index contributed by atoms with van der Waals surface area (Å²) in [6, 6.07) is 13.5. The molecule has 1 aromatic heterocycles. The van der Waals surface area contributed by atoms with Crippen molar-refractivity contribution < 1.29 is 23.6 Å². The minimum atomic E-state index is -0.626. The molecular formula is C19H16N2O6S. The van der Waals surface area contributed by atoms with Crippen molar-refractivity contribution in [1.82, 2.24) is 4.98 Å². The van der Waals surface area contributed by atoms with Gasteiger partial charge < -0.3 is 13.9 Å². The molecule has 0 aliphatic heterocycles. The van der Waals surface area contributed by atoms with Gasteiger partial charge in [0.05, 0.1) is 29.5 Å². The highest BCUT2D eigenvalue weighted by molar-refractivity contribution is 7.99. The first-order valence-corrected chi connectivity index (χ1v) is 9.33. The first-order chi connectivity index (χ1) is 13.6. The lowest BCUT2D eigenvalue weighted by Crippen LogP contribution is -2.12. The first kappa shape index (κ1) is 19.4. The Bertz CT molecular complexity index is 974. The van der Waals surface area contributed by atoms with Crippen LogP contribution in [0.4, 0.5) is 5.69 Å². The highest BCUT2D eigenvalue weighted by Gasteiger charge is 2.19. The molecule has 0 aliphatic carbocycles. The van der Waals surface area contributed by atoms with E-state index in [4.69, 9.17) is 13.9 Å². The molecule has 0 unspecified atom stereocenters. The Morgan fingerprint density at radius 1 is 1.25 bits per heavy atom. The number of nitro benzene ring substituents is 1. The highest BCUT2D eigenvalue weighted by atomic mass is 32.2. The molecule has 0 bridgehead atoms. The summed E-state index contributed by atoms with van der Waals surface area (Å²) in [5, 5.41) is 11.1. The molecule has 0 atom stereocenters. The smallest absolute Gasteiger partial charge is 0.321 e. The quantitative estimate of drug-likeness (QED) is 0.241. The van der Waals surface area contributed by atoms with Crippen molar-refractivity contribution in [2.24, 2.45) is 0 Å². The van der Waals surface area contributed by atoms with Crippen LogP contribution in [0, 0.1) is 10.1 Å². The molecular weight excluding hydrogens is 384 g/mol. The molecule has 3 rings (SSSR count). The summed E-state index contributed by atoms with van der Waals surface area (Å²) in [5.74, 6) is 0.551. The zero-order valence-corrected chi connectivity index (χ0v) is 15.7. The normalized spacial score (nSPS) is 10.5. The molecule has 0 aliphatic rings. The third-order valence-corrected chi connectivity index (χ3v) is 4.57. The number of nitro groups is 1. The summed E-state index contributed by atoms with van der Waals surface area (Å²) in [7, 11) is 1.40. The molecule has 0 fully saturated rings. The molecule has 8 nitrogen and oxygen atoms in total. The van der Waals surface area contributed by atoms with Gasteiger partial charge in [0.25, 0.3) is 0 Å². The fraction of sp³-hybridized carbons (Fsp3) is 0.158. The maximum absolute atomic E-state index is 12.0. The van der Waals surface area contributed by atoms with Crippen molar-refractivity contribution in [3.8, 4) is 23.0 Å². The van der Waals surface area contributed by atoms with Gasteiger partial charge in [-0.1, -0.05) is 18.2 Å². The number of hydrogen-bond donors (Lipinski definition) is 0. The van der Waals surface area contributed by atoms with Gasteiger partial charge in [-0.2, -0.15) is 0 Å². The van der Waals surface area contributed by atoms with Crippen LogP contribution in [-0.2, 0) is 10.5 Å². The van der Waals surface area contributed by atoms with E-state index in [1.807, 2.05) is 30.3 Å². The van der Waals surface area contributed by atoms with Gasteiger partial charge in [-0.05, 0) is 24.3 Å². The minimum absolute atomic E-state index is 0.0106. The third-order valence-electron chi connectivity index (χ3n) is 3.63. The number of methoxy groups -OCH3 is 1. The van der Waals surface area contributed by atoms with Gasteiger partial charge >= 0.3 is 11.7 Å². The fourth-order valence-corrected chi connectivity index (χ4v) is 3.00. The number of esters is 1. The van der Waals surface area contributed by atoms with E-state index >= 15 is 0 Å². The van der Waals surface area contributed by atoms with Crippen LogP contribution in [0.2, 0.25) is 0 Å². The Balaban J connectivity index is 1.54. The average molecular weight is 400 g/mol. The number of oxazole rings is 1. The number of ether oxygens (including phenoxy) is 2. The van der Waals surface area contributed by atoms with Crippen molar-refractivity contribution >= 4 is 23.4 Å². The van der Waals surface area contributed by atoms with Crippen LogP contribution < -0.4 is 9.47 Å². The van der Waals surface area contributed by atoms with E-state index in [0.29, 0.717) is 23.1 Å². The number of carbonyl (C=O) groups is 1. The Hall–Kier alpha value is -3.33. The van der Waals surface area contributed by atoms with Gasteiger partial charge in [-0.15, -0.1) is 11.8 Å². The molecule has 0 saturated carbocycles. The number of nitrogens with zero attached hydrogens (tertiary/aromatic N) is 2. The fourth-order valence-electron chi connectivity index (χ4n) is 2.33. The summed E-state index contributed by atoms with van der Waals surface area (Å²) in [6.45, 7) is 0. The third kappa shape index (κ3) is 4.89. The van der Waals surface area contributed by atoms with Crippen molar-refractivity contribution in [3.63, 3.8) is 0 Å². The standard InChI is InChI=1S/C19H16N2O6S/c1-25-15-7-8-17(16(9-15)21(23)24)27-18(22)12-28-11-14-10-26-19(20-14)13-5-3-2-4-6-13/h2-10H,11-12H2,1H3. The SMILES string of the molecule is COc1ccc(OC(=O)CSCc2coc(-c3ccccc3)n2)c([N+](=O)[O-])c1. The Morgan fingerprint density at radius 2 is 2.04 bits per heavy atom. The summed E-state index contributed by atoms with van der Waals surface area (Å²) in [6.07, 6.45) is 1.54. The van der Waals surface area contributed by atoms with E-state index < -0.39 is 10.9 Å². The number of benzene rings is 2. The molecule has 0 spiro atoms. The lowest BCUT2D eigenvalue weighted by molar-refractivity contribution is -0.385. The second kappa shape index (κ2) is 9.05. The minimum Gasteiger partial charge on any atom is -0.496 e. The Kier molecular flexibility index (Phi) is 6.28. The van der Waals surface area contributed by atoms with Gasteiger partial charge in [0.1, 0.15) is 12.0 Å². The van der Waals surface area contributed by atoms with Crippen molar-refractivity contribution in [2.75, 3.05) is 12.9 Å². The molecule has 3 aromatic rings. The van der Waals surface area contributed by atoms with Gasteiger partial charge in [-0.25, -0.2) is 4.98 Å². The van der Waals surface area contributed by atoms with Crippen LogP contribution in [0.3, 0.4) is 0 Å². The number of aromatic nitrogens is 1. The predicted molar refractivity (Wildman–Crippen MR) is 103 cm³/mol. The van der Waals surface area contributed by atoms with Gasteiger partial charge in [-0.3, -0.25) is 14.9 Å². The van der Waals surface area contributed by atoms with Gasteiger partial charge in [0.15, 0.2) is 0 Å². The predicted octanol–water partition coefficient (Wildman–Crippen LogP) is 4.10. The Morgan fingerprint density at radius 3 is 2.75 bits per heavy atom. The number of rotatable bonds is 8. The molecule has 0 radical (unpaired) electrons. The summed E-state index contributed by atoms with van der Waals surface area (Å²) >= 11 is 1.27. The molecule has 28 heavy (non-hydrogen) atoms. The van der Waals surface area contributed by atoms with Crippen LogP contribution in [0.25, 0.3) is 11.5 Å². The largest absolute Gasteiger partial charge is 0.496 e. The summed E-state index contributed by atoms with van der Waals surface area (Å²) in [4.78, 5) is 26.9. The van der Waals surface area contributed by atoms with E-state index in [2.05, 4.69) is 4.98 Å². The number of carbonyl (C=O) groups excluding carboxylic acids is 1. The van der Waals surface area contributed by atoms with Gasteiger partial charge in [0.2, 0.25) is 11.6 Å². The van der Waals surface area contributed by atoms with E-state index in [1.54, 1.807) is 0 Å². The van der Waals surface area contributed by atoms with Crippen molar-refractivity contribution in [1.29, 1.82) is 0 Å². The molecule has 1 heterocycles.